The molecule has 1 rings (SSSR count). The molecule has 6 N–H and O–H groups in total. The smallest absolute Gasteiger partial charge is 0.466 e. The van der Waals surface area contributed by atoms with Crippen LogP contribution in [-0.4, -0.2) is 57.3 Å². The number of ether oxygens (including phenoxy) is 1. The zero-order chi connectivity index (χ0) is 19.6. The number of carbonyl (C=O) groups excluding carboxylic acids is 2. The summed E-state index contributed by atoms with van der Waals surface area (Å²) >= 11 is 0. The number of para-hydroxylation sites is 1. The van der Waals surface area contributed by atoms with Gasteiger partial charge in [0.15, 0.2) is 0 Å². The highest BCUT2D eigenvalue weighted by molar-refractivity contribution is 7.45. The number of nitrogens with two attached hydrogens (primary N) is 1. The van der Waals surface area contributed by atoms with Crippen LogP contribution >= 0.6 is 7.82 Å². The zero-order valence-corrected chi connectivity index (χ0v) is 14.1. The first kappa shape index (κ1) is 22.7. The van der Waals surface area contributed by atoms with Crippen LogP contribution in [0.1, 0.15) is 6.42 Å². The Labute approximate surface area is 142 Å². The lowest BCUT2D eigenvalue weighted by Gasteiger charge is -2.24. The molecule has 12 heteroatoms. The zero-order valence-electron chi connectivity index (χ0n) is 13.2. The van der Waals surface area contributed by atoms with Crippen molar-refractivity contribution in [1.29, 1.82) is 0 Å². The van der Waals surface area contributed by atoms with E-state index in [2.05, 4.69) is 4.74 Å². The topological polar surface area (TPSA) is 188 Å². The molecule has 0 unspecified atom stereocenters. The third-order valence-electron chi connectivity index (χ3n) is 2.56. The SMILES string of the molecule is COC(=O)CN(C(=O)[C@@H](N)CC(=O)O)c1ccccc1.O=P(O)(O)O. The maximum absolute atomic E-state index is 12.2. The predicted molar refractivity (Wildman–Crippen MR) is 85.3 cm³/mol. The molecule has 140 valence electrons. The number of phosphoric acid groups is 1. The normalized spacial score (nSPS) is 11.6. The molecule has 0 saturated carbocycles. The van der Waals surface area contributed by atoms with E-state index in [1.165, 1.54) is 7.11 Å². The molecule has 1 aromatic rings. The lowest BCUT2D eigenvalue weighted by Crippen LogP contribution is -2.47. The average molecular weight is 378 g/mol. The molecule has 0 fully saturated rings. The number of rotatable bonds is 6. The number of aliphatic carboxylic acids is 1. The summed E-state index contributed by atoms with van der Waals surface area (Å²) in [6.07, 6.45) is -0.511. The third-order valence-corrected chi connectivity index (χ3v) is 2.56. The molecular weight excluding hydrogens is 359 g/mol. The van der Waals surface area contributed by atoms with Gasteiger partial charge in [-0.1, -0.05) is 18.2 Å². The first-order valence-electron chi connectivity index (χ1n) is 6.64. The minimum atomic E-state index is -4.64. The van der Waals surface area contributed by atoms with Crippen LogP contribution in [0.15, 0.2) is 30.3 Å². The number of amides is 1. The van der Waals surface area contributed by atoms with Gasteiger partial charge in [0, 0.05) is 5.69 Å². The van der Waals surface area contributed by atoms with Crippen molar-refractivity contribution in [1.82, 2.24) is 0 Å². The predicted octanol–water partition coefficient (Wildman–Crippen LogP) is -0.934. The third kappa shape index (κ3) is 11.0. The fourth-order valence-corrected chi connectivity index (χ4v) is 1.57. The number of esters is 1. The van der Waals surface area contributed by atoms with Crippen LogP contribution in [0.5, 0.6) is 0 Å². The van der Waals surface area contributed by atoms with Crippen molar-refractivity contribution in [2.45, 2.75) is 12.5 Å². The molecule has 0 radical (unpaired) electrons. The van der Waals surface area contributed by atoms with Crippen molar-refractivity contribution in [2.75, 3.05) is 18.6 Å². The second-order valence-corrected chi connectivity index (χ2v) is 5.58. The lowest BCUT2D eigenvalue weighted by atomic mass is 10.1. The molecule has 0 bridgehead atoms. The summed E-state index contributed by atoms with van der Waals surface area (Å²) in [4.78, 5) is 56.8. The van der Waals surface area contributed by atoms with E-state index in [1.807, 2.05) is 0 Å². The van der Waals surface area contributed by atoms with Gasteiger partial charge in [0.2, 0.25) is 5.91 Å². The summed E-state index contributed by atoms with van der Waals surface area (Å²) in [5, 5.41) is 8.67. The van der Waals surface area contributed by atoms with E-state index < -0.39 is 38.1 Å². The maximum Gasteiger partial charge on any atom is 0.466 e. The molecule has 0 aliphatic heterocycles. The number of hydrogen-bond donors (Lipinski definition) is 5. The highest BCUT2D eigenvalue weighted by Crippen LogP contribution is 2.25. The molecule has 0 spiro atoms. The molecule has 25 heavy (non-hydrogen) atoms. The molecule has 1 aromatic carbocycles. The number of carbonyl (C=O) groups is 3. The molecule has 0 aliphatic carbocycles. The standard InChI is InChI=1S/C13H16N2O5.H3O4P/c1-20-12(18)8-15(9-5-3-2-4-6-9)13(19)10(14)7-11(16)17;1-5(2,3)4/h2-6,10H,7-8,14H2,1H3,(H,16,17);(H3,1,2,3,4)/t10-;/m0./s1. The van der Waals surface area contributed by atoms with E-state index in [0.717, 1.165) is 4.90 Å². The van der Waals surface area contributed by atoms with Crippen molar-refractivity contribution < 1.29 is 43.5 Å². The van der Waals surface area contributed by atoms with Crippen molar-refractivity contribution in [3.63, 3.8) is 0 Å². The molecular formula is C13H19N2O9P. The molecule has 0 heterocycles. The number of anilines is 1. The Morgan fingerprint density at radius 1 is 1.20 bits per heavy atom. The molecule has 0 saturated heterocycles. The van der Waals surface area contributed by atoms with E-state index in [0.29, 0.717) is 5.69 Å². The monoisotopic (exact) mass is 378 g/mol. The summed E-state index contributed by atoms with van der Waals surface area (Å²) in [5.41, 5.74) is 6.00. The molecule has 1 atom stereocenters. The molecule has 1 amide bonds. The van der Waals surface area contributed by atoms with Gasteiger partial charge in [0.05, 0.1) is 19.6 Å². The van der Waals surface area contributed by atoms with Crippen molar-refractivity contribution in [2.24, 2.45) is 5.73 Å². The summed E-state index contributed by atoms with van der Waals surface area (Å²) in [6.45, 7) is -0.327. The van der Waals surface area contributed by atoms with Gasteiger partial charge in [-0.25, -0.2) is 4.57 Å². The number of benzene rings is 1. The highest BCUT2D eigenvalue weighted by Gasteiger charge is 2.26. The molecule has 0 aromatic heterocycles. The van der Waals surface area contributed by atoms with Crippen LogP contribution < -0.4 is 10.6 Å². The van der Waals surface area contributed by atoms with Crippen LogP contribution in [0.2, 0.25) is 0 Å². The fraction of sp³-hybridized carbons (Fsp3) is 0.308. The van der Waals surface area contributed by atoms with Gasteiger partial charge < -0.3 is 30.3 Å². The van der Waals surface area contributed by atoms with Crippen LogP contribution in [0.25, 0.3) is 0 Å². The summed E-state index contributed by atoms with van der Waals surface area (Å²) in [7, 11) is -3.44. The van der Waals surface area contributed by atoms with Gasteiger partial charge in [-0.15, -0.1) is 0 Å². The highest BCUT2D eigenvalue weighted by atomic mass is 31.2. The molecule has 11 nitrogen and oxygen atoms in total. The van der Waals surface area contributed by atoms with Crippen molar-refractivity contribution >= 4 is 31.4 Å². The van der Waals surface area contributed by atoms with E-state index in [9.17, 15) is 14.4 Å². The summed E-state index contributed by atoms with van der Waals surface area (Å²) < 4.78 is 13.4. The van der Waals surface area contributed by atoms with E-state index in [4.69, 9.17) is 30.1 Å². The van der Waals surface area contributed by atoms with Gasteiger partial charge >= 0.3 is 19.8 Å². The summed E-state index contributed by atoms with van der Waals surface area (Å²) in [5.74, 6) is -2.45. The van der Waals surface area contributed by atoms with E-state index in [-0.39, 0.29) is 6.54 Å². The Morgan fingerprint density at radius 2 is 1.68 bits per heavy atom. The Bertz CT molecular complexity index is 623. The number of carboxylic acid groups (broad SMARTS) is 1. The largest absolute Gasteiger partial charge is 0.481 e. The van der Waals surface area contributed by atoms with Gasteiger partial charge in [0.25, 0.3) is 0 Å². The molecule has 0 aliphatic rings. The Balaban J connectivity index is 0.00000101. The second-order valence-electron chi connectivity index (χ2n) is 4.55. The van der Waals surface area contributed by atoms with E-state index in [1.54, 1.807) is 30.3 Å². The minimum Gasteiger partial charge on any atom is -0.481 e. The average Bonchev–Trinajstić information content (AvgIpc) is 2.50. The first-order chi connectivity index (χ1) is 11.5. The van der Waals surface area contributed by atoms with Gasteiger partial charge in [-0.3, -0.25) is 19.3 Å². The summed E-state index contributed by atoms with van der Waals surface area (Å²) in [6, 6.07) is 7.15. The maximum atomic E-state index is 12.2. The van der Waals surface area contributed by atoms with Gasteiger partial charge in [-0.2, -0.15) is 0 Å². The number of carboxylic acids is 1. The van der Waals surface area contributed by atoms with Crippen LogP contribution in [0.4, 0.5) is 5.69 Å². The minimum absolute atomic E-state index is 0.327. The Morgan fingerprint density at radius 3 is 2.08 bits per heavy atom. The van der Waals surface area contributed by atoms with Gasteiger partial charge in [0.1, 0.15) is 6.54 Å². The second kappa shape index (κ2) is 10.5. The number of methoxy groups -OCH3 is 1. The van der Waals surface area contributed by atoms with Crippen LogP contribution in [-0.2, 0) is 23.7 Å². The van der Waals surface area contributed by atoms with Crippen LogP contribution in [0, 0.1) is 0 Å². The van der Waals surface area contributed by atoms with Crippen molar-refractivity contribution in [3.05, 3.63) is 30.3 Å². The quantitative estimate of drug-likeness (QED) is 0.305. The first-order valence-corrected chi connectivity index (χ1v) is 8.21. The Hall–Kier alpha value is -2.30. The Kier molecular flexibility index (Phi) is 9.57. The number of nitrogens with zero attached hydrogens (tertiary/aromatic N) is 1. The van der Waals surface area contributed by atoms with Gasteiger partial charge in [-0.05, 0) is 12.1 Å². The lowest BCUT2D eigenvalue weighted by molar-refractivity contribution is -0.140. The fourth-order valence-electron chi connectivity index (χ4n) is 1.57. The van der Waals surface area contributed by atoms with Crippen molar-refractivity contribution in [3.8, 4) is 0 Å². The number of hydrogen-bond acceptors (Lipinski definition) is 6. The van der Waals surface area contributed by atoms with Crippen LogP contribution in [0.3, 0.4) is 0 Å². The van der Waals surface area contributed by atoms with E-state index >= 15 is 0 Å².